The van der Waals surface area contributed by atoms with E-state index in [4.69, 9.17) is 9.47 Å². The van der Waals surface area contributed by atoms with Crippen LogP contribution in [0.2, 0.25) is 0 Å². The van der Waals surface area contributed by atoms with Crippen LogP contribution in [0.4, 0.5) is 13.2 Å². The Morgan fingerprint density at radius 1 is 1.32 bits per heavy atom. The summed E-state index contributed by atoms with van der Waals surface area (Å²) in [5, 5.41) is 3.65. The smallest absolute Gasteiger partial charge is 0.408 e. The summed E-state index contributed by atoms with van der Waals surface area (Å²) in [4.78, 5) is 20.1. The number of esters is 1. The molecule has 0 amide bonds. The van der Waals surface area contributed by atoms with Gasteiger partial charge in [-0.2, -0.15) is 18.3 Å². The maximum Gasteiger partial charge on any atom is 0.408 e. The van der Waals surface area contributed by atoms with E-state index in [0.29, 0.717) is 35.9 Å². The van der Waals surface area contributed by atoms with Gasteiger partial charge in [0.05, 0.1) is 24.8 Å². The third kappa shape index (κ3) is 3.30. The summed E-state index contributed by atoms with van der Waals surface area (Å²) < 4.78 is 51.2. The summed E-state index contributed by atoms with van der Waals surface area (Å²) in [5.41, 5.74) is 1.20. The van der Waals surface area contributed by atoms with Gasteiger partial charge in [0, 0.05) is 6.20 Å². The molecule has 0 radical (unpaired) electrons. The monoisotopic (exact) mass is 393 g/mol. The number of imidazole rings is 1. The largest absolute Gasteiger partial charge is 0.491 e. The Kier molecular flexibility index (Phi) is 4.28. The molecule has 146 valence electrons. The predicted octanol–water partition coefficient (Wildman–Crippen LogP) is 2.55. The maximum absolute atomic E-state index is 12.8. The van der Waals surface area contributed by atoms with E-state index < -0.39 is 18.7 Å². The van der Waals surface area contributed by atoms with Gasteiger partial charge in [-0.05, 0) is 18.2 Å². The SMILES string of the molecule is COC(=O)c1ccc2c(c1)OCCn1cc(-c3ncnn3CC(F)(F)F)nc1-2. The number of alkyl halides is 3. The number of benzene rings is 1. The number of hydrogen-bond acceptors (Lipinski definition) is 6. The van der Waals surface area contributed by atoms with Crippen molar-refractivity contribution in [2.24, 2.45) is 0 Å². The molecule has 0 fully saturated rings. The number of rotatable bonds is 3. The number of fused-ring (bicyclic) bond motifs is 3. The molecule has 0 N–H and O–H groups in total. The van der Waals surface area contributed by atoms with Crippen molar-refractivity contribution in [3.8, 4) is 28.7 Å². The van der Waals surface area contributed by atoms with Gasteiger partial charge in [0.15, 0.2) is 5.82 Å². The van der Waals surface area contributed by atoms with Crippen LogP contribution < -0.4 is 4.74 Å². The molecule has 0 aliphatic carbocycles. The quantitative estimate of drug-likeness (QED) is 0.636. The minimum absolute atomic E-state index is 0.0200. The van der Waals surface area contributed by atoms with Crippen LogP contribution in [0.1, 0.15) is 10.4 Å². The number of carbonyl (C=O) groups excluding carboxylic acids is 1. The molecule has 0 bridgehead atoms. The Morgan fingerprint density at radius 2 is 2.14 bits per heavy atom. The normalized spacial score (nSPS) is 13.3. The van der Waals surface area contributed by atoms with E-state index in [1.807, 2.05) is 0 Å². The number of halogens is 3. The lowest BCUT2D eigenvalue weighted by Gasteiger charge is -2.08. The van der Waals surface area contributed by atoms with Crippen molar-refractivity contribution >= 4 is 5.97 Å². The molecule has 4 rings (SSSR count). The highest BCUT2D eigenvalue weighted by atomic mass is 19.4. The fourth-order valence-corrected chi connectivity index (χ4v) is 2.98. The van der Waals surface area contributed by atoms with Crippen molar-refractivity contribution in [2.45, 2.75) is 19.3 Å². The third-order valence-corrected chi connectivity index (χ3v) is 4.18. The third-order valence-electron chi connectivity index (χ3n) is 4.18. The van der Waals surface area contributed by atoms with Crippen LogP contribution in [0.25, 0.3) is 22.9 Å². The second-order valence-electron chi connectivity index (χ2n) is 6.05. The van der Waals surface area contributed by atoms with E-state index in [-0.39, 0.29) is 11.5 Å². The van der Waals surface area contributed by atoms with E-state index in [0.717, 1.165) is 11.0 Å². The average molecular weight is 393 g/mol. The molecule has 1 aliphatic heterocycles. The first kappa shape index (κ1) is 18.0. The first-order valence-corrected chi connectivity index (χ1v) is 8.23. The van der Waals surface area contributed by atoms with E-state index in [1.54, 1.807) is 29.0 Å². The Bertz CT molecular complexity index is 1040. The second-order valence-corrected chi connectivity index (χ2v) is 6.05. The lowest BCUT2D eigenvalue weighted by atomic mass is 10.1. The molecule has 0 unspecified atom stereocenters. The molecule has 0 saturated carbocycles. The molecule has 0 spiro atoms. The predicted molar refractivity (Wildman–Crippen MR) is 89.6 cm³/mol. The van der Waals surface area contributed by atoms with Crippen LogP contribution in [0.3, 0.4) is 0 Å². The highest BCUT2D eigenvalue weighted by molar-refractivity contribution is 5.91. The first-order valence-electron chi connectivity index (χ1n) is 8.23. The standard InChI is InChI=1S/C17H14F3N5O3/c1-27-16(26)10-2-3-11-13(6-10)28-5-4-24-7-12(23-14(11)24)15-21-9-22-25(15)8-17(18,19)20/h2-3,6-7,9H,4-5,8H2,1H3. The fraction of sp³-hybridized carbons (Fsp3) is 0.294. The minimum Gasteiger partial charge on any atom is -0.491 e. The fourth-order valence-electron chi connectivity index (χ4n) is 2.98. The van der Waals surface area contributed by atoms with Gasteiger partial charge in [0.2, 0.25) is 0 Å². The van der Waals surface area contributed by atoms with Crippen molar-refractivity contribution in [3.05, 3.63) is 36.3 Å². The van der Waals surface area contributed by atoms with E-state index >= 15 is 0 Å². The Balaban J connectivity index is 1.75. The topological polar surface area (TPSA) is 84.1 Å². The summed E-state index contributed by atoms with van der Waals surface area (Å²) in [6.07, 6.45) is -1.76. The van der Waals surface area contributed by atoms with Crippen LogP contribution in [-0.2, 0) is 17.8 Å². The Labute approximate surface area is 156 Å². The Hall–Kier alpha value is -3.37. The van der Waals surface area contributed by atoms with E-state index in [9.17, 15) is 18.0 Å². The molecule has 3 heterocycles. The molecule has 1 aromatic carbocycles. The molecule has 0 saturated heterocycles. The van der Waals surface area contributed by atoms with Gasteiger partial charge in [-0.15, -0.1) is 0 Å². The highest BCUT2D eigenvalue weighted by Crippen LogP contribution is 2.34. The highest BCUT2D eigenvalue weighted by Gasteiger charge is 2.31. The molecular formula is C17H14F3N5O3. The van der Waals surface area contributed by atoms with Gasteiger partial charge < -0.3 is 14.0 Å². The van der Waals surface area contributed by atoms with Crippen molar-refractivity contribution in [1.82, 2.24) is 24.3 Å². The minimum atomic E-state index is -4.43. The molecule has 2 aromatic heterocycles. The lowest BCUT2D eigenvalue weighted by Crippen LogP contribution is -2.19. The van der Waals surface area contributed by atoms with Gasteiger partial charge in [0.25, 0.3) is 0 Å². The zero-order chi connectivity index (χ0) is 19.9. The van der Waals surface area contributed by atoms with Crippen LogP contribution in [0, 0.1) is 0 Å². The molecule has 11 heteroatoms. The molecule has 1 aliphatic rings. The van der Waals surface area contributed by atoms with Gasteiger partial charge in [-0.1, -0.05) is 0 Å². The number of carbonyl (C=O) groups is 1. The lowest BCUT2D eigenvalue weighted by molar-refractivity contribution is -0.142. The van der Waals surface area contributed by atoms with Gasteiger partial charge in [-0.25, -0.2) is 19.4 Å². The van der Waals surface area contributed by atoms with E-state index in [2.05, 4.69) is 15.1 Å². The van der Waals surface area contributed by atoms with Crippen LogP contribution >= 0.6 is 0 Å². The number of methoxy groups -OCH3 is 1. The summed E-state index contributed by atoms with van der Waals surface area (Å²) in [5.74, 6) is 0.461. The van der Waals surface area contributed by atoms with Gasteiger partial charge >= 0.3 is 12.1 Å². The Morgan fingerprint density at radius 3 is 2.89 bits per heavy atom. The van der Waals surface area contributed by atoms with Crippen molar-refractivity contribution in [1.29, 1.82) is 0 Å². The molecule has 3 aromatic rings. The number of aromatic nitrogens is 5. The molecule has 0 atom stereocenters. The van der Waals surface area contributed by atoms with Crippen LogP contribution in [0.5, 0.6) is 5.75 Å². The number of nitrogens with zero attached hydrogens (tertiary/aromatic N) is 5. The molecule has 28 heavy (non-hydrogen) atoms. The maximum atomic E-state index is 12.8. The van der Waals surface area contributed by atoms with Crippen LogP contribution in [0.15, 0.2) is 30.7 Å². The van der Waals surface area contributed by atoms with Gasteiger partial charge in [-0.3, -0.25) is 0 Å². The summed E-state index contributed by atoms with van der Waals surface area (Å²) in [6.45, 7) is -0.527. The van der Waals surface area contributed by atoms with Crippen molar-refractivity contribution in [2.75, 3.05) is 13.7 Å². The summed E-state index contributed by atoms with van der Waals surface area (Å²) in [6, 6.07) is 4.79. The second kappa shape index (κ2) is 6.66. The number of hydrogen-bond donors (Lipinski definition) is 0. The van der Waals surface area contributed by atoms with Gasteiger partial charge in [0.1, 0.15) is 36.7 Å². The zero-order valence-electron chi connectivity index (χ0n) is 14.6. The first-order chi connectivity index (χ1) is 13.4. The van der Waals surface area contributed by atoms with Crippen molar-refractivity contribution < 1.29 is 27.4 Å². The van der Waals surface area contributed by atoms with Crippen LogP contribution in [-0.4, -0.2) is 50.2 Å². The van der Waals surface area contributed by atoms with Crippen molar-refractivity contribution in [3.63, 3.8) is 0 Å². The zero-order valence-corrected chi connectivity index (χ0v) is 14.6. The number of ether oxygens (including phenoxy) is 2. The average Bonchev–Trinajstić information content (AvgIpc) is 3.22. The summed E-state index contributed by atoms with van der Waals surface area (Å²) in [7, 11) is 1.28. The molecule has 8 nitrogen and oxygen atoms in total. The van der Waals surface area contributed by atoms with E-state index in [1.165, 1.54) is 7.11 Å². The molecular weight excluding hydrogens is 379 g/mol. The summed E-state index contributed by atoms with van der Waals surface area (Å²) >= 11 is 0.